The number of rotatable bonds is 2. The number of nitrogens with zero attached hydrogens (tertiary/aromatic N) is 2. The highest BCUT2D eigenvalue weighted by Crippen LogP contribution is 2.28. The number of anilines is 1. The van der Waals surface area contributed by atoms with Crippen LogP contribution in [0.3, 0.4) is 0 Å². The first-order chi connectivity index (χ1) is 7.24. The molecule has 3 nitrogen and oxygen atoms in total. The first kappa shape index (κ1) is 9.77. The molecule has 0 aliphatic carbocycles. The molecular formula is C12H15N3. The number of aryl methyl sites for hydroxylation is 2. The fourth-order valence-corrected chi connectivity index (χ4v) is 1.84. The van der Waals surface area contributed by atoms with E-state index in [0.717, 1.165) is 17.8 Å². The van der Waals surface area contributed by atoms with Crippen molar-refractivity contribution in [1.82, 2.24) is 9.78 Å². The summed E-state index contributed by atoms with van der Waals surface area (Å²) in [6.07, 6.45) is 2.70. The Bertz CT molecular complexity index is 452. The van der Waals surface area contributed by atoms with E-state index < -0.39 is 0 Å². The van der Waals surface area contributed by atoms with Crippen LogP contribution in [0.5, 0.6) is 0 Å². The van der Waals surface area contributed by atoms with E-state index in [1.165, 1.54) is 11.1 Å². The van der Waals surface area contributed by atoms with E-state index in [4.69, 9.17) is 5.73 Å². The van der Waals surface area contributed by atoms with Gasteiger partial charge in [0.2, 0.25) is 0 Å². The second-order valence-electron chi connectivity index (χ2n) is 3.58. The lowest BCUT2D eigenvalue weighted by Gasteiger charge is -2.08. The second-order valence-corrected chi connectivity index (χ2v) is 3.58. The van der Waals surface area contributed by atoms with E-state index in [-0.39, 0.29) is 0 Å². The third kappa shape index (κ3) is 1.61. The monoisotopic (exact) mass is 201 g/mol. The van der Waals surface area contributed by atoms with Crippen molar-refractivity contribution in [3.05, 3.63) is 36.0 Å². The molecule has 0 aliphatic rings. The normalized spacial score (nSPS) is 10.5. The summed E-state index contributed by atoms with van der Waals surface area (Å²) in [7, 11) is 1.91. The molecule has 0 aliphatic heterocycles. The summed E-state index contributed by atoms with van der Waals surface area (Å²) < 4.78 is 1.82. The maximum absolute atomic E-state index is 5.91. The van der Waals surface area contributed by atoms with Gasteiger partial charge in [0.25, 0.3) is 0 Å². The van der Waals surface area contributed by atoms with Crippen LogP contribution in [0.2, 0.25) is 0 Å². The molecule has 3 heteroatoms. The van der Waals surface area contributed by atoms with Crippen LogP contribution in [0.25, 0.3) is 11.3 Å². The Hall–Kier alpha value is -1.77. The first-order valence-corrected chi connectivity index (χ1v) is 5.09. The zero-order valence-corrected chi connectivity index (χ0v) is 9.07. The summed E-state index contributed by atoms with van der Waals surface area (Å²) in [5, 5.41) is 4.16. The molecule has 1 aromatic carbocycles. The molecule has 0 amide bonds. The maximum atomic E-state index is 5.91. The van der Waals surface area contributed by atoms with Crippen molar-refractivity contribution in [3.63, 3.8) is 0 Å². The summed E-state index contributed by atoms with van der Waals surface area (Å²) >= 11 is 0. The minimum atomic E-state index is 0.735. The zero-order valence-electron chi connectivity index (χ0n) is 9.07. The highest BCUT2D eigenvalue weighted by Gasteiger charge is 2.10. The van der Waals surface area contributed by atoms with Crippen LogP contribution in [-0.4, -0.2) is 9.78 Å². The van der Waals surface area contributed by atoms with Gasteiger partial charge in [0.1, 0.15) is 0 Å². The Kier molecular flexibility index (Phi) is 2.46. The topological polar surface area (TPSA) is 43.8 Å². The molecule has 15 heavy (non-hydrogen) atoms. The third-order valence-corrected chi connectivity index (χ3v) is 2.62. The molecule has 78 valence electrons. The van der Waals surface area contributed by atoms with Gasteiger partial charge in [-0.15, -0.1) is 0 Å². The molecule has 0 fully saturated rings. The van der Waals surface area contributed by atoms with Crippen LogP contribution in [0.4, 0.5) is 5.69 Å². The molecule has 1 heterocycles. The van der Waals surface area contributed by atoms with E-state index in [9.17, 15) is 0 Å². The van der Waals surface area contributed by atoms with E-state index in [0.29, 0.717) is 0 Å². The van der Waals surface area contributed by atoms with Crippen LogP contribution in [0, 0.1) is 0 Å². The van der Waals surface area contributed by atoms with Gasteiger partial charge in [-0.05, 0) is 12.0 Å². The van der Waals surface area contributed by atoms with Gasteiger partial charge in [-0.2, -0.15) is 5.10 Å². The number of hydrogen-bond acceptors (Lipinski definition) is 2. The standard InChI is InChI=1S/C12H15N3/c1-3-9-6-4-5-7-10(9)12-11(13)8-14-15(12)2/h4-8H,3,13H2,1-2H3. The summed E-state index contributed by atoms with van der Waals surface area (Å²) in [5.41, 5.74) is 10.1. The fourth-order valence-electron chi connectivity index (χ4n) is 1.84. The Morgan fingerprint density at radius 3 is 2.67 bits per heavy atom. The Balaban J connectivity index is 2.63. The predicted molar refractivity (Wildman–Crippen MR) is 62.4 cm³/mol. The van der Waals surface area contributed by atoms with Gasteiger partial charge in [0.05, 0.1) is 17.6 Å². The highest BCUT2D eigenvalue weighted by atomic mass is 15.3. The van der Waals surface area contributed by atoms with Gasteiger partial charge in [0.15, 0.2) is 0 Å². The quantitative estimate of drug-likeness (QED) is 0.809. The van der Waals surface area contributed by atoms with Gasteiger partial charge >= 0.3 is 0 Å². The van der Waals surface area contributed by atoms with Gasteiger partial charge in [-0.25, -0.2) is 0 Å². The van der Waals surface area contributed by atoms with Crippen molar-refractivity contribution in [2.45, 2.75) is 13.3 Å². The van der Waals surface area contributed by atoms with Crippen molar-refractivity contribution >= 4 is 5.69 Å². The van der Waals surface area contributed by atoms with E-state index >= 15 is 0 Å². The molecule has 0 atom stereocenters. The van der Waals surface area contributed by atoms with E-state index in [1.807, 2.05) is 17.8 Å². The van der Waals surface area contributed by atoms with Gasteiger partial charge < -0.3 is 5.73 Å². The molecular weight excluding hydrogens is 186 g/mol. The largest absolute Gasteiger partial charge is 0.396 e. The van der Waals surface area contributed by atoms with Gasteiger partial charge in [-0.1, -0.05) is 31.2 Å². The predicted octanol–water partition coefficient (Wildman–Crippen LogP) is 2.23. The van der Waals surface area contributed by atoms with Crippen LogP contribution < -0.4 is 5.73 Å². The van der Waals surface area contributed by atoms with Gasteiger partial charge in [0, 0.05) is 12.6 Å². The molecule has 2 N–H and O–H groups in total. The highest BCUT2D eigenvalue weighted by molar-refractivity contribution is 5.75. The molecule has 0 bridgehead atoms. The van der Waals surface area contributed by atoms with Crippen molar-refractivity contribution in [3.8, 4) is 11.3 Å². The van der Waals surface area contributed by atoms with Crippen molar-refractivity contribution in [1.29, 1.82) is 0 Å². The molecule has 2 aromatic rings. The van der Waals surface area contributed by atoms with E-state index in [1.54, 1.807) is 6.20 Å². The number of benzene rings is 1. The third-order valence-electron chi connectivity index (χ3n) is 2.62. The first-order valence-electron chi connectivity index (χ1n) is 5.09. The Morgan fingerprint density at radius 1 is 1.33 bits per heavy atom. The molecule has 2 rings (SSSR count). The summed E-state index contributed by atoms with van der Waals surface area (Å²) in [4.78, 5) is 0. The number of nitrogen functional groups attached to an aromatic ring is 1. The summed E-state index contributed by atoms with van der Waals surface area (Å²) in [6.45, 7) is 2.14. The lowest BCUT2D eigenvalue weighted by atomic mass is 10.0. The summed E-state index contributed by atoms with van der Waals surface area (Å²) in [5.74, 6) is 0. The lowest BCUT2D eigenvalue weighted by Crippen LogP contribution is -1.98. The zero-order chi connectivity index (χ0) is 10.8. The minimum absolute atomic E-state index is 0.735. The molecule has 0 saturated carbocycles. The Morgan fingerprint density at radius 2 is 2.07 bits per heavy atom. The SMILES string of the molecule is CCc1ccccc1-c1c(N)cnn1C. The average Bonchev–Trinajstić information content (AvgIpc) is 2.59. The Labute approximate surface area is 89.5 Å². The average molecular weight is 201 g/mol. The smallest absolute Gasteiger partial charge is 0.0911 e. The fraction of sp³-hybridized carbons (Fsp3) is 0.250. The molecule has 0 saturated heterocycles. The number of aromatic nitrogens is 2. The lowest BCUT2D eigenvalue weighted by molar-refractivity contribution is 0.775. The van der Waals surface area contributed by atoms with E-state index in [2.05, 4.69) is 30.2 Å². The van der Waals surface area contributed by atoms with Gasteiger partial charge in [-0.3, -0.25) is 4.68 Å². The second kappa shape index (κ2) is 3.77. The number of nitrogens with two attached hydrogens (primary N) is 1. The molecule has 0 spiro atoms. The minimum Gasteiger partial charge on any atom is -0.396 e. The van der Waals surface area contributed by atoms with Crippen molar-refractivity contribution < 1.29 is 0 Å². The maximum Gasteiger partial charge on any atom is 0.0911 e. The summed E-state index contributed by atoms with van der Waals surface area (Å²) in [6, 6.07) is 8.30. The van der Waals surface area contributed by atoms with Crippen molar-refractivity contribution in [2.75, 3.05) is 5.73 Å². The molecule has 0 radical (unpaired) electrons. The van der Waals surface area contributed by atoms with Crippen molar-refractivity contribution in [2.24, 2.45) is 7.05 Å². The van der Waals surface area contributed by atoms with Crippen LogP contribution in [-0.2, 0) is 13.5 Å². The van der Waals surface area contributed by atoms with Crippen LogP contribution in [0.1, 0.15) is 12.5 Å². The van der Waals surface area contributed by atoms with Crippen LogP contribution >= 0.6 is 0 Å². The number of hydrogen-bond donors (Lipinski definition) is 1. The molecule has 1 aromatic heterocycles. The molecule has 0 unspecified atom stereocenters. The van der Waals surface area contributed by atoms with Crippen LogP contribution in [0.15, 0.2) is 30.5 Å².